The molecule has 0 spiro atoms. The second-order valence-corrected chi connectivity index (χ2v) is 6.22. The molecule has 136 valence electrons. The predicted octanol–water partition coefficient (Wildman–Crippen LogP) is 4.42. The number of halogens is 2. The number of nitrogens with one attached hydrogen (secondary N) is 2. The van der Waals surface area contributed by atoms with Gasteiger partial charge in [0.2, 0.25) is 11.8 Å². The average molecular weight is 375 g/mol. The van der Waals surface area contributed by atoms with E-state index in [2.05, 4.69) is 10.6 Å². The van der Waals surface area contributed by atoms with Crippen molar-refractivity contribution in [2.45, 2.75) is 19.8 Å². The van der Waals surface area contributed by atoms with Crippen molar-refractivity contribution < 1.29 is 14.0 Å². The van der Waals surface area contributed by atoms with Crippen LogP contribution in [0, 0.1) is 5.82 Å². The van der Waals surface area contributed by atoms with Gasteiger partial charge in [0.05, 0.1) is 0 Å². The summed E-state index contributed by atoms with van der Waals surface area (Å²) in [5, 5.41) is 6.10. The molecule has 0 radical (unpaired) electrons. The van der Waals surface area contributed by atoms with Crippen molar-refractivity contribution in [3.8, 4) is 0 Å². The van der Waals surface area contributed by atoms with Crippen LogP contribution in [0.5, 0.6) is 0 Å². The van der Waals surface area contributed by atoms with Gasteiger partial charge in [-0.3, -0.25) is 9.59 Å². The quantitative estimate of drug-likeness (QED) is 0.556. The molecule has 0 aliphatic heterocycles. The maximum Gasteiger partial charge on any atom is 0.244 e. The molecule has 0 heterocycles. The lowest BCUT2D eigenvalue weighted by Crippen LogP contribution is -2.23. The highest BCUT2D eigenvalue weighted by Gasteiger charge is 2.04. The zero-order valence-corrected chi connectivity index (χ0v) is 15.1. The van der Waals surface area contributed by atoms with Gasteiger partial charge in [-0.25, -0.2) is 4.39 Å². The van der Waals surface area contributed by atoms with Gasteiger partial charge in [-0.05, 0) is 60.9 Å². The van der Waals surface area contributed by atoms with Gasteiger partial charge in [0.1, 0.15) is 5.82 Å². The first-order valence-corrected chi connectivity index (χ1v) is 8.59. The first-order valence-electron chi connectivity index (χ1n) is 8.21. The maximum atomic E-state index is 12.9. The van der Waals surface area contributed by atoms with Crippen molar-refractivity contribution in [3.63, 3.8) is 0 Å². The number of carbonyl (C=O) groups excluding carboxylic acids is 2. The van der Waals surface area contributed by atoms with E-state index in [-0.39, 0.29) is 17.6 Å². The normalized spacial score (nSPS) is 11.1. The summed E-state index contributed by atoms with van der Waals surface area (Å²) in [6.45, 7) is 2.17. The lowest BCUT2D eigenvalue weighted by molar-refractivity contribution is -0.118. The molecule has 2 aromatic carbocycles. The SMILES string of the molecule is C/C(=C\C(=O)NCCCC(=O)Nc1ccc(Cl)cc1)c1ccc(F)cc1. The third-order valence-electron chi connectivity index (χ3n) is 3.65. The van der Waals surface area contributed by atoms with Crippen LogP contribution in [0.25, 0.3) is 5.57 Å². The molecule has 0 aliphatic carbocycles. The molecule has 2 aromatic rings. The minimum absolute atomic E-state index is 0.125. The van der Waals surface area contributed by atoms with Gasteiger partial charge in [-0.1, -0.05) is 23.7 Å². The number of anilines is 1. The van der Waals surface area contributed by atoms with Crippen LogP contribution < -0.4 is 10.6 Å². The topological polar surface area (TPSA) is 58.2 Å². The van der Waals surface area contributed by atoms with E-state index in [9.17, 15) is 14.0 Å². The molecule has 6 heteroatoms. The standard InChI is InChI=1S/C20H20ClFN2O2/c1-14(15-4-8-17(22)9-5-15)13-20(26)23-12-2-3-19(25)24-18-10-6-16(21)7-11-18/h4-11,13H,2-3,12H2,1H3,(H,23,26)(H,24,25)/b14-13+. The average Bonchev–Trinajstić information content (AvgIpc) is 2.61. The minimum atomic E-state index is -0.317. The largest absolute Gasteiger partial charge is 0.353 e. The van der Waals surface area contributed by atoms with E-state index in [1.807, 2.05) is 0 Å². The van der Waals surface area contributed by atoms with Crippen molar-refractivity contribution >= 4 is 34.7 Å². The molecule has 0 aromatic heterocycles. The Hall–Kier alpha value is -2.66. The van der Waals surface area contributed by atoms with Crippen LogP contribution in [0.15, 0.2) is 54.6 Å². The lowest BCUT2D eigenvalue weighted by Gasteiger charge is -2.06. The van der Waals surface area contributed by atoms with Crippen LogP contribution in [0.2, 0.25) is 5.02 Å². The van der Waals surface area contributed by atoms with Crippen molar-refractivity contribution in [1.82, 2.24) is 5.32 Å². The number of hydrogen-bond donors (Lipinski definition) is 2. The number of benzene rings is 2. The Kier molecular flexibility index (Phi) is 7.36. The van der Waals surface area contributed by atoms with Crippen molar-refractivity contribution in [3.05, 3.63) is 71.0 Å². The molecule has 0 bridgehead atoms. The predicted molar refractivity (Wildman–Crippen MR) is 102 cm³/mol. The van der Waals surface area contributed by atoms with Crippen molar-refractivity contribution in [1.29, 1.82) is 0 Å². The van der Waals surface area contributed by atoms with Crippen LogP contribution in [0.4, 0.5) is 10.1 Å². The summed E-state index contributed by atoms with van der Waals surface area (Å²) in [6, 6.07) is 12.8. The molecule has 0 unspecified atom stereocenters. The smallest absolute Gasteiger partial charge is 0.244 e. The van der Waals surface area contributed by atoms with E-state index < -0.39 is 0 Å². The Morgan fingerprint density at radius 3 is 2.38 bits per heavy atom. The summed E-state index contributed by atoms with van der Waals surface area (Å²) >= 11 is 5.79. The Morgan fingerprint density at radius 1 is 1.08 bits per heavy atom. The third-order valence-corrected chi connectivity index (χ3v) is 3.91. The van der Waals surface area contributed by atoms with Gasteiger partial charge >= 0.3 is 0 Å². The molecular formula is C20H20ClFN2O2. The van der Waals surface area contributed by atoms with E-state index >= 15 is 0 Å². The van der Waals surface area contributed by atoms with Crippen LogP contribution in [-0.4, -0.2) is 18.4 Å². The van der Waals surface area contributed by atoms with Gasteiger partial charge < -0.3 is 10.6 Å². The van der Waals surface area contributed by atoms with Crippen LogP contribution >= 0.6 is 11.6 Å². The number of carbonyl (C=O) groups is 2. The molecule has 0 fully saturated rings. The van der Waals surface area contributed by atoms with Crippen LogP contribution in [0.3, 0.4) is 0 Å². The van der Waals surface area contributed by atoms with Gasteiger partial charge in [-0.15, -0.1) is 0 Å². The molecule has 2 N–H and O–H groups in total. The molecule has 2 rings (SSSR count). The van der Waals surface area contributed by atoms with E-state index in [0.717, 1.165) is 11.1 Å². The third kappa shape index (κ3) is 6.69. The number of hydrogen-bond acceptors (Lipinski definition) is 2. The second-order valence-electron chi connectivity index (χ2n) is 5.78. The molecule has 4 nitrogen and oxygen atoms in total. The fourth-order valence-corrected chi connectivity index (χ4v) is 2.39. The summed E-state index contributed by atoms with van der Waals surface area (Å²) in [5.41, 5.74) is 2.20. The van der Waals surface area contributed by atoms with E-state index in [1.165, 1.54) is 18.2 Å². The number of allylic oxidation sites excluding steroid dienone is 1. The lowest BCUT2D eigenvalue weighted by atomic mass is 10.1. The highest BCUT2D eigenvalue weighted by atomic mass is 35.5. The first-order chi connectivity index (χ1) is 12.4. The zero-order valence-electron chi connectivity index (χ0n) is 14.4. The molecule has 0 atom stereocenters. The summed E-state index contributed by atoms with van der Waals surface area (Å²) in [5.74, 6) is -0.688. The van der Waals surface area contributed by atoms with Gasteiger partial charge in [0, 0.05) is 29.8 Å². The summed E-state index contributed by atoms with van der Waals surface area (Å²) in [6.07, 6.45) is 2.28. The summed E-state index contributed by atoms with van der Waals surface area (Å²) in [7, 11) is 0. The minimum Gasteiger partial charge on any atom is -0.353 e. The summed E-state index contributed by atoms with van der Waals surface area (Å²) < 4.78 is 12.9. The molecule has 26 heavy (non-hydrogen) atoms. The maximum absolute atomic E-state index is 12.9. The number of amides is 2. The van der Waals surface area contributed by atoms with Crippen molar-refractivity contribution in [2.24, 2.45) is 0 Å². The zero-order chi connectivity index (χ0) is 18.9. The van der Waals surface area contributed by atoms with Crippen molar-refractivity contribution in [2.75, 3.05) is 11.9 Å². The molecular weight excluding hydrogens is 355 g/mol. The van der Waals surface area contributed by atoms with E-state index in [1.54, 1.807) is 43.3 Å². The fraction of sp³-hybridized carbons (Fsp3) is 0.200. The highest BCUT2D eigenvalue weighted by molar-refractivity contribution is 6.30. The highest BCUT2D eigenvalue weighted by Crippen LogP contribution is 2.14. The van der Waals surface area contributed by atoms with Gasteiger partial charge in [-0.2, -0.15) is 0 Å². The Morgan fingerprint density at radius 2 is 1.73 bits per heavy atom. The second kappa shape index (κ2) is 9.73. The monoisotopic (exact) mass is 374 g/mol. The van der Waals surface area contributed by atoms with Gasteiger partial charge in [0.25, 0.3) is 0 Å². The Labute approximate surface area is 157 Å². The Balaban J connectivity index is 1.70. The first kappa shape index (κ1) is 19.7. The van der Waals surface area contributed by atoms with E-state index in [0.29, 0.717) is 30.1 Å². The van der Waals surface area contributed by atoms with Crippen LogP contribution in [0.1, 0.15) is 25.3 Å². The fourth-order valence-electron chi connectivity index (χ4n) is 2.26. The molecule has 0 saturated heterocycles. The molecule has 0 aliphatic rings. The molecule has 2 amide bonds. The number of rotatable bonds is 7. The van der Waals surface area contributed by atoms with Gasteiger partial charge in [0.15, 0.2) is 0 Å². The Bertz CT molecular complexity index is 786. The van der Waals surface area contributed by atoms with E-state index in [4.69, 9.17) is 11.6 Å². The van der Waals surface area contributed by atoms with Crippen LogP contribution in [-0.2, 0) is 9.59 Å². The summed E-state index contributed by atoms with van der Waals surface area (Å²) in [4.78, 5) is 23.7. The molecule has 0 saturated carbocycles.